The molecule has 1 aromatic rings. The van der Waals surface area contributed by atoms with Crippen molar-refractivity contribution in [3.63, 3.8) is 0 Å². The van der Waals surface area contributed by atoms with Crippen molar-refractivity contribution in [2.75, 3.05) is 6.61 Å². The van der Waals surface area contributed by atoms with Crippen LogP contribution in [0, 0.1) is 56.2 Å². The van der Waals surface area contributed by atoms with Crippen molar-refractivity contribution in [2.24, 2.45) is 10.8 Å². The Morgan fingerprint density at radius 2 is 1.36 bits per heavy atom. The van der Waals surface area contributed by atoms with E-state index in [0.717, 1.165) is 12.8 Å². The van der Waals surface area contributed by atoms with Crippen molar-refractivity contribution in [2.45, 2.75) is 44.9 Å². The quantitative estimate of drug-likeness (QED) is 0.663. The van der Waals surface area contributed by atoms with Gasteiger partial charge in [0.25, 0.3) is 0 Å². The Hall–Kier alpha value is -3.02. The fourth-order valence-corrected chi connectivity index (χ4v) is 3.29. The Morgan fingerprint density at radius 1 is 0.840 bits per heavy atom. The van der Waals surface area contributed by atoms with Gasteiger partial charge in [-0.25, -0.2) is 0 Å². The molecule has 25 heavy (non-hydrogen) atoms. The Kier molecular flexibility index (Phi) is 5.64. The number of ether oxygens (including phenoxy) is 1. The van der Waals surface area contributed by atoms with Crippen molar-refractivity contribution < 1.29 is 4.74 Å². The van der Waals surface area contributed by atoms with E-state index in [1.807, 2.05) is 24.3 Å². The Balaban J connectivity index is 2.02. The average molecular weight is 332 g/mol. The summed E-state index contributed by atoms with van der Waals surface area (Å²) in [7, 11) is 0. The van der Waals surface area contributed by atoms with Gasteiger partial charge in [-0.15, -0.1) is 0 Å². The molecule has 1 aromatic carbocycles. The molecular weight excluding hydrogens is 312 g/mol. The monoisotopic (exact) mass is 332 g/mol. The summed E-state index contributed by atoms with van der Waals surface area (Å²) in [5.74, 6) is -0.00739. The van der Waals surface area contributed by atoms with Gasteiger partial charge in [0.1, 0.15) is 5.75 Å². The van der Waals surface area contributed by atoms with Crippen LogP contribution in [0.4, 0.5) is 0 Å². The molecule has 0 unspecified atom stereocenters. The third-order valence-electron chi connectivity index (χ3n) is 4.84. The molecule has 5 nitrogen and oxygen atoms in total. The third-order valence-corrected chi connectivity index (χ3v) is 4.84. The zero-order valence-corrected chi connectivity index (χ0v) is 14.3. The third kappa shape index (κ3) is 3.03. The average Bonchev–Trinajstić information content (AvgIpc) is 3.27. The minimum Gasteiger partial charge on any atom is -0.494 e. The number of rotatable bonds is 8. The second kappa shape index (κ2) is 7.70. The molecule has 1 aliphatic rings. The first kappa shape index (κ1) is 18.3. The van der Waals surface area contributed by atoms with Crippen molar-refractivity contribution in [1.29, 1.82) is 21.0 Å². The smallest absolute Gasteiger partial charge is 0.185 e. The van der Waals surface area contributed by atoms with Gasteiger partial charge in [0.2, 0.25) is 0 Å². The Bertz CT molecular complexity index is 704. The zero-order valence-electron chi connectivity index (χ0n) is 14.3. The topological polar surface area (TPSA) is 104 Å². The van der Waals surface area contributed by atoms with Crippen LogP contribution in [0.3, 0.4) is 0 Å². The first-order valence-corrected chi connectivity index (χ1v) is 8.53. The maximum Gasteiger partial charge on any atom is 0.185 e. The van der Waals surface area contributed by atoms with Gasteiger partial charge in [-0.3, -0.25) is 0 Å². The molecule has 0 radical (unpaired) electrons. The first-order chi connectivity index (χ1) is 12.2. The van der Waals surface area contributed by atoms with Crippen molar-refractivity contribution in [3.05, 3.63) is 29.8 Å². The minimum absolute atomic E-state index is 0.640. The Labute approximate surface area is 148 Å². The summed E-state index contributed by atoms with van der Waals surface area (Å²) in [6.07, 6.45) is 5.82. The fourth-order valence-electron chi connectivity index (χ4n) is 3.29. The van der Waals surface area contributed by atoms with Gasteiger partial charge in [-0.2, -0.15) is 21.0 Å². The van der Waals surface area contributed by atoms with E-state index in [1.54, 1.807) is 24.3 Å². The van der Waals surface area contributed by atoms with Crippen LogP contribution in [0.2, 0.25) is 0 Å². The highest BCUT2D eigenvalue weighted by Crippen LogP contribution is 2.73. The molecule has 0 saturated heterocycles. The maximum atomic E-state index is 9.35. The number of hydrogen-bond acceptors (Lipinski definition) is 5. The standard InChI is InChI=1S/C20H20N4O/c1-2-3-4-5-6-11-25-17-9-7-16(8-10-17)18-19(12-21,13-22)20(18,14-23)15-24/h7-10,18H,2-6,11H2,1H3. The molecule has 0 aliphatic heterocycles. The van der Waals surface area contributed by atoms with Crippen LogP contribution >= 0.6 is 0 Å². The number of unbranched alkanes of at least 4 members (excludes halogenated alkanes) is 4. The highest BCUT2D eigenvalue weighted by molar-refractivity contribution is 5.59. The van der Waals surface area contributed by atoms with E-state index in [1.165, 1.54) is 19.3 Å². The summed E-state index contributed by atoms with van der Waals surface area (Å²) in [5.41, 5.74) is -2.56. The highest BCUT2D eigenvalue weighted by atomic mass is 16.5. The van der Waals surface area contributed by atoms with Gasteiger partial charge in [0.15, 0.2) is 10.8 Å². The van der Waals surface area contributed by atoms with Crippen molar-refractivity contribution in [3.8, 4) is 30.0 Å². The number of hydrogen-bond donors (Lipinski definition) is 0. The summed E-state index contributed by atoms with van der Waals surface area (Å²) >= 11 is 0. The van der Waals surface area contributed by atoms with Gasteiger partial charge in [-0.05, 0) is 24.1 Å². The van der Waals surface area contributed by atoms with Crippen LogP contribution < -0.4 is 4.74 Å². The largest absolute Gasteiger partial charge is 0.494 e. The number of nitrogens with zero attached hydrogens (tertiary/aromatic N) is 4. The molecule has 5 heteroatoms. The van der Waals surface area contributed by atoms with Crippen LogP contribution in [-0.2, 0) is 0 Å². The van der Waals surface area contributed by atoms with Crippen molar-refractivity contribution in [1.82, 2.24) is 0 Å². The molecule has 0 spiro atoms. The van der Waals surface area contributed by atoms with Crippen molar-refractivity contribution >= 4 is 0 Å². The van der Waals surface area contributed by atoms with Gasteiger partial charge in [0.05, 0.1) is 36.8 Å². The number of benzene rings is 1. The molecule has 0 amide bonds. The van der Waals surface area contributed by atoms with Crippen LogP contribution in [0.25, 0.3) is 0 Å². The summed E-state index contributed by atoms with van der Waals surface area (Å²) in [5, 5.41) is 37.4. The van der Waals surface area contributed by atoms with E-state index in [9.17, 15) is 21.0 Å². The second-order valence-corrected chi connectivity index (χ2v) is 6.33. The molecule has 0 heterocycles. The lowest BCUT2D eigenvalue weighted by atomic mass is 9.98. The molecule has 2 rings (SSSR count). The molecule has 126 valence electrons. The summed E-state index contributed by atoms with van der Waals surface area (Å²) < 4.78 is 5.69. The summed E-state index contributed by atoms with van der Waals surface area (Å²) in [4.78, 5) is 0. The predicted octanol–water partition coefficient (Wildman–Crippen LogP) is 4.20. The first-order valence-electron chi connectivity index (χ1n) is 8.53. The van der Waals surface area contributed by atoms with Crippen LogP contribution in [0.1, 0.15) is 50.5 Å². The van der Waals surface area contributed by atoms with E-state index in [2.05, 4.69) is 6.92 Å². The SMILES string of the molecule is CCCCCCCOc1ccc(C2C(C#N)(C#N)C2(C#N)C#N)cc1. The number of nitriles is 4. The molecular formula is C20H20N4O. The van der Waals surface area contributed by atoms with Gasteiger partial charge in [-0.1, -0.05) is 44.7 Å². The van der Waals surface area contributed by atoms with Crippen LogP contribution in [0.5, 0.6) is 5.75 Å². The summed E-state index contributed by atoms with van der Waals surface area (Å²) in [6.45, 7) is 2.83. The van der Waals surface area contributed by atoms with E-state index in [4.69, 9.17) is 4.74 Å². The Morgan fingerprint density at radius 3 is 1.84 bits per heavy atom. The van der Waals surface area contributed by atoms with Gasteiger partial charge in [0, 0.05) is 0 Å². The minimum atomic E-state index is -1.60. The lowest BCUT2D eigenvalue weighted by molar-refractivity contribution is 0.304. The summed E-state index contributed by atoms with van der Waals surface area (Å²) in [6, 6.07) is 14.5. The molecule has 1 saturated carbocycles. The zero-order chi connectivity index (χ0) is 18.3. The molecule has 1 aliphatic carbocycles. The van der Waals surface area contributed by atoms with E-state index < -0.39 is 16.7 Å². The fraction of sp³-hybridized carbons (Fsp3) is 0.500. The molecule has 0 bridgehead atoms. The molecule has 0 atom stereocenters. The highest BCUT2D eigenvalue weighted by Gasteiger charge is 2.81. The molecule has 0 aromatic heterocycles. The lowest BCUT2D eigenvalue weighted by Gasteiger charge is -2.07. The maximum absolute atomic E-state index is 9.35. The normalized spacial score (nSPS) is 16.7. The second-order valence-electron chi connectivity index (χ2n) is 6.33. The molecule has 0 N–H and O–H groups in total. The van der Waals surface area contributed by atoms with E-state index >= 15 is 0 Å². The predicted molar refractivity (Wildman–Crippen MR) is 90.8 cm³/mol. The lowest BCUT2D eigenvalue weighted by Crippen LogP contribution is -2.05. The van der Waals surface area contributed by atoms with Crippen LogP contribution in [0.15, 0.2) is 24.3 Å². The van der Waals surface area contributed by atoms with E-state index in [0.29, 0.717) is 17.9 Å². The van der Waals surface area contributed by atoms with E-state index in [-0.39, 0.29) is 0 Å². The van der Waals surface area contributed by atoms with Gasteiger partial charge >= 0.3 is 0 Å². The molecule has 1 fully saturated rings. The van der Waals surface area contributed by atoms with Crippen LogP contribution in [-0.4, -0.2) is 6.61 Å². The van der Waals surface area contributed by atoms with Gasteiger partial charge < -0.3 is 4.74 Å².